The third kappa shape index (κ3) is 2.66. The van der Waals surface area contributed by atoms with Crippen LogP contribution in [0.5, 0.6) is 0 Å². The Balaban J connectivity index is 2.20. The second kappa shape index (κ2) is 4.60. The van der Waals surface area contributed by atoms with E-state index in [1.54, 1.807) is 18.2 Å². The highest BCUT2D eigenvalue weighted by Gasteiger charge is 2.16. The summed E-state index contributed by atoms with van der Waals surface area (Å²) in [6, 6.07) is 4.93. The van der Waals surface area contributed by atoms with Crippen LogP contribution < -0.4 is 16.9 Å². The summed E-state index contributed by atoms with van der Waals surface area (Å²) in [6.45, 7) is 0. The number of amidine groups is 2. The average molecular weight is 271 g/mol. The molecule has 0 aliphatic carbocycles. The molecule has 8 heteroatoms. The highest BCUT2D eigenvalue weighted by molar-refractivity contribution is 6.68. The number of rotatable bonds is 2. The van der Waals surface area contributed by atoms with Crippen LogP contribution in [0.4, 0.5) is 5.69 Å². The van der Waals surface area contributed by atoms with Crippen LogP contribution in [0.3, 0.4) is 0 Å². The Hall–Kier alpha value is -1.79. The molecule has 6 nitrogen and oxygen atoms in total. The summed E-state index contributed by atoms with van der Waals surface area (Å²) < 4.78 is 0. The van der Waals surface area contributed by atoms with Gasteiger partial charge in [0.05, 0.1) is 5.69 Å². The number of nitrogens with one attached hydrogen (secondary N) is 1. The van der Waals surface area contributed by atoms with Crippen LogP contribution >= 0.6 is 23.2 Å². The van der Waals surface area contributed by atoms with Crippen molar-refractivity contribution in [3.05, 3.63) is 28.2 Å². The number of halogens is 2. The smallest absolute Gasteiger partial charge is 0.177 e. The van der Waals surface area contributed by atoms with Crippen LogP contribution in [-0.2, 0) is 0 Å². The van der Waals surface area contributed by atoms with Gasteiger partial charge in [0.2, 0.25) is 0 Å². The second-order valence-electron chi connectivity index (χ2n) is 3.20. The Morgan fingerprint density at radius 2 is 1.53 bits per heavy atom. The predicted molar refractivity (Wildman–Crippen MR) is 70.8 cm³/mol. The van der Waals surface area contributed by atoms with E-state index in [9.17, 15) is 0 Å². The monoisotopic (exact) mass is 270 g/mol. The maximum atomic E-state index is 5.83. The molecule has 0 spiro atoms. The van der Waals surface area contributed by atoms with Gasteiger partial charge in [0.1, 0.15) is 0 Å². The number of nitrogens with zero attached hydrogens (tertiary/aromatic N) is 3. The van der Waals surface area contributed by atoms with Gasteiger partial charge >= 0.3 is 0 Å². The third-order valence-corrected chi connectivity index (χ3v) is 2.35. The van der Waals surface area contributed by atoms with Gasteiger partial charge in [-0.3, -0.25) is 5.43 Å². The van der Waals surface area contributed by atoms with Crippen molar-refractivity contribution >= 4 is 46.3 Å². The van der Waals surface area contributed by atoms with Crippen molar-refractivity contribution in [1.82, 2.24) is 0 Å². The molecule has 0 amide bonds. The zero-order chi connectivity index (χ0) is 12.4. The first-order valence-electron chi connectivity index (χ1n) is 4.53. The standard InChI is InChI=1S/C9H8Cl2N6/c10-4-1-5(11)3-6(2-4)14-15-7-8(12)16-17-9(7)13/h1-3,14H,(H4,12,13,15,16,17). The van der Waals surface area contributed by atoms with Gasteiger partial charge in [0.25, 0.3) is 0 Å². The van der Waals surface area contributed by atoms with E-state index < -0.39 is 0 Å². The number of anilines is 1. The first kappa shape index (κ1) is 11.7. The molecule has 1 aliphatic heterocycles. The summed E-state index contributed by atoms with van der Waals surface area (Å²) in [5.41, 5.74) is 14.7. The molecule has 88 valence electrons. The summed E-state index contributed by atoms with van der Waals surface area (Å²) in [5.74, 6) is 0.311. The largest absolute Gasteiger partial charge is 0.380 e. The lowest BCUT2D eigenvalue weighted by Crippen LogP contribution is -2.32. The molecule has 1 aromatic carbocycles. The highest BCUT2D eigenvalue weighted by Crippen LogP contribution is 2.22. The first-order chi connectivity index (χ1) is 8.06. The molecular weight excluding hydrogens is 263 g/mol. The summed E-state index contributed by atoms with van der Waals surface area (Å²) in [7, 11) is 0. The van der Waals surface area contributed by atoms with E-state index >= 15 is 0 Å². The van der Waals surface area contributed by atoms with Gasteiger partial charge in [0.15, 0.2) is 17.4 Å². The number of hydrazone groups is 1. The van der Waals surface area contributed by atoms with Crippen molar-refractivity contribution in [2.45, 2.75) is 0 Å². The molecule has 0 fully saturated rings. The van der Waals surface area contributed by atoms with Crippen molar-refractivity contribution < 1.29 is 0 Å². The summed E-state index contributed by atoms with van der Waals surface area (Å²) >= 11 is 11.7. The lowest BCUT2D eigenvalue weighted by atomic mass is 10.3. The van der Waals surface area contributed by atoms with Crippen LogP contribution in [0.25, 0.3) is 0 Å². The van der Waals surface area contributed by atoms with E-state index in [4.69, 9.17) is 34.7 Å². The van der Waals surface area contributed by atoms with Gasteiger partial charge in [-0.25, -0.2) is 0 Å². The molecule has 17 heavy (non-hydrogen) atoms. The number of hydrogen-bond donors (Lipinski definition) is 3. The summed E-state index contributed by atoms with van der Waals surface area (Å²) in [6.07, 6.45) is 0. The van der Waals surface area contributed by atoms with Crippen molar-refractivity contribution in [1.29, 1.82) is 0 Å². The van der Waals surface area contributed by atoms with Crippen LogP contribution in [0, 0.1) is 0 Å². The van der Waals surface area contributed by atoms with E-state index in [0.717, 1.165) is 0 Å². The highest BCUT2D eigenvalue weighted by atomic mass is 35.5. The minimum atomic E-state index is 0.156. The van der Waals surface area contributed by atoms with Crippen LogP contribution in [0.15, 0.2) is 33.5 Å². The fraction of sp³-hybridized carbons (Fsp3) is 0. The van der Waals surface area contributed by atoms with Gasteiger partial charge in [-0.2, -0.15) is 5.10 Å². The van der Waals surface area contributed by atoms with Crippen molar-refractivity contribution in [3.63, 3.8) is 0 Å². The number of hydrogen-bond acceptors (Lipinski definition) is 6. The van der Waals surface area contributed by atoms with Crippen molar-refractivity contribution in [2.24, 2.45) is 26.8 Å². The quantitative estimate of drug-likeness (QED) is 0.708. The number of benzene rings is 1. The molecule has 0 bridgehead atoms. The molecule has 1 aromatic rings. The Bertz CT molecular complexity index is 508. The molecular formula is C9H8Cl2N6. The van der Waals surface area contributed by atoms with E-state index in [-0.39, 0.29) is 11.7 Å². The zero-order valence-corrected chi connectivity index (χ0v) is 10.00. The Kier molecular flexibility index (Phi) is 3.16. The molecule has 5 N–H and O–H groups in total. The Morgan fingerprint density at radius 1 is 1.00 bits per heavy atom. The Morgan fingerprint density at radius 3 is 2.06 bits per heavy atom. The summed E-state index contributed by atoms with van der Waals surface area (Å²) in [5, 5.41) is 12.1. The molecule has 1 heterocycles. The lowest BCUT2D eigenvalue weighted by Gasteiger charge is -2.03. The van der Waals surface area contributed by atoms with Gasteiger partial charge < -0.3 is 11.5 Å². The van der Waals surface area contributed by atoms with Gasteiger partial charge in [-0.1, -0.05) is 23.2 Å². The first-order valence-corrected chi connectivity index (χ1v) is 5.29. The lowest BCUT2D eigenvalue weighted by molar-refractivity contribution is 1.25. The van der Waals surface area contributed by atoms with Crippen LogP contribution in [0.2, 0.25) is 10.0 Å². The minimum absolute atomic E-state index is 0.156. The fourth-order valence-corrected chi connectivity index (χ4v) is 1.71. The third-order valence-electron chi connectivity index (χ3n) is 1.91. The second-order valence-corrected chi connectivity index (χ2v) is 4.07. The fourth-order valence-electron chi connectivity index (χ4n) is 1.19. The van der Waals surface area contributed by atoms with E-state index in [1.807, 2.05) is 0 Å². The van der Waals surface area contributed by atoms with Gasteiger partial charge in [-0.05, 0) is 18.2 Å². The SMILES string of the molecule is NC1=NN=C(N)C1=NNc1cc(Cl)cc(Cl)c1. The average Bonchev–Trinajstić information content (AvgIpc) is 2.55. The van der Waals surface area contributed by atoms with Gasteiger partial charge in [-0.15, -0.1) is 10.2 Å². The molecule has 0 aromatic heterocycles. The molecule has 0 saturated heterocycles. The summed E-state index contributed by atoms with van der Waals surface area (Å²) in [4.78, 5) is 0. The van der Waals surface area contributed by atoms with E-state index in [1.165, 1.54) is 0 Å². The topological polar surface area (TPSA) is 101 Å². The van der Waals surface area contributed by atoms with E-state index in [0.29, 0.717) is 21.4 Å². The molecule has 1 aliphatic rings. The van der Waals surface area contributed by atoms with Crippen LogP contribution in [-0.4, -0.2) is 17.4 Å². The number of nitrogens with two attached hydrogens (primary N) is 2. The maximum Gasteiger partial charge on any atom is 0.177 e. The van der Waals surface area contributed by atoms with E-state index in [2.05, 4.69) is 20.7 Å². The van der Waals surface area contributed by atoms with Crippen molar-refractivity contribution in [3.8, 4) is 0 Å². The maximum absolute atomic E-state index is 5.83. The molecule has 0 atom stereocenters. The molecule has 2 rings (SSSR count). The van der Waals surface area contributed by atoms with Crippen LogP contribution in [0.1, 0.15) is 0 Å². The van der Waals surface area contributed by atoms with Gasteiger partial charge in [0, 0.05) is 10.0 Å². The normalized spacial score (nSPS) is 14.4. The molecule has 0 radical (unpaired) electrons. The minimum Gasteiger partial charge on any atom is -0.380 e. The van der Waals surface area contributed by atoms with Crippen molar-refractivity contribution in [2.75, 3.05) is 5.43 Å². The molecule has 0 unspecified atom stereocenters. The zero-order valence-electron chi connectivity index (χ0n) is 8.48. The predicted octanol–water partition coefficient (Wildman–Crippen LogP) is 1.40. The molecule has 0 saturated carbocycles. The Labute approximate surface area is 107 Å².